The van der Waals surface area contributed by atoms with Crippen molar-refractivity contribution in [2.45, 2.75) is 192 Å². The van der Waals surface area contributed by atoms with Crippen LogP contribution in [-0.2, 0) is 62.5 Å². The average molecular weight is 1040 g/mol. The summed E-state index contributed by atoms with van der Waals surface area (Å²) in [5.41, 5.74) is 1.08. The Bertz CT molecular complexity index is 1860. The van der Waals surface area contributed by atoms with Gasteiger partial charge in [-0.2, -0.15) is 5.11 Å². The van der Waals surface area contributed by atoms with Crippen LogP contribution in [0.3, 0.4) is 0 Å². The molecular formula is C49H82N6O16S. The summed E-state index contributed by atoms with van der Waals surface area (Å²) in [6, 6.07) is -2.53. The van der Waals surface area contributed by atoms with Crippen LogP contribution in [0, 0.1) is 5.92 Å². The second-order valence-corrected chi connectivity index (χ2v) is 20.6. The Morgan fingerprint density at radius 3 is 1.74 bits per heavy atom. The number of amides is 3. The van der Waals surface area contributed by atoms with E-state index in [4.69, 9.17) is 9.47 Å². The molecule has 1 heterocycles. The van der Waals surface area contributed by atoms with E-state index in [-0.39, 0.29) is 88.7 Å². The van der Waals surface area contributed by atoms with Gasteiger partial charge in [0.25, 0.3) is 0 Å². The highest BCUT2D eigenvalue weighted by atomic mass is 32.2. The summed E-state index contributed by atoms with van der Waals surface area (Å²) in [4.78, 5) is 108. The predicted molar refractivity (Wildman–Crippen MR) is 266 cm³/mol. The van der Waals surface area contributed by atoms with Crippen LogP contribution in [0.25, 0.3) is 0 Å². The normalized spacial score (nSPS) is 13.4. The van der Waals surface area contributed by atoms with E-state index in [1.54, 1.807) is 0 Å². The third-order valence-electron chi connectivity index (χ3n) is 11.9. The van der Waals surface area contributed by atoms with Crippen LogP contribution in [0.1, 0.15) is 180 Å². The monoisotopic (exact) mass is 1040 g/mol. The van der Waals surface area contributed by atoms with Crippen molar-refractivity contribution in [3.63, 3.8) is 0 Å². The van der Waals surface area contributed by atoms with Crippen molar-refractivity contribution in [3.8, 4) is 0 Å². The van der Waals surface area contributed by atoms with Crippen molar-refractivity contribution in [1.29, 1.82) is 0 Å². The lowest BCUT2D eigenvalue weighted by Crippen LogP contribution is -2.42. The molecule has 0 bridgehead atoms. The Balaban J connectivity index is 2.17. The van der Waals surface area contributed by atoms with Gasteiger partial charge in [0.05, 0.1) is 30.6 Å². The Kier molecular flexibility index (Phi) is 36.5. The number of carbonyl (C=O) groups is 9. The lowest BCUT2D eigenvalue weighted by molar-refractivity contribution is -0.145. The van der Waals surface area contributed by atoms with Gasteiger partial charge in [0.2, 0.25) is 17.7 Å². The van der Waals surface area contributed by atoms with Crippen molar-refractivity contribution >= 4 is 68.5 Å². The first-order chi connectivity index (χ1) is 34.4. The molecule has 3 amide bonds. The molecule has 0 saturated carbocycles. The number of ether oxygens (including phenoxy) is 2. The Labute approximate surface area is 424 Å². The number of sulfone groups is 1. The molecular weight excluding hydrogens is 961 g/mol. The Morgan fingerprint density at radius 1 is 0.569 bits per heavy atom. The number of carbonyl (C=O) groups excluding carboxylic acids is 6. The van der Waals surface area contributed by atoms with Gasteiger partial charge in [-0.25, -0.2) is 18.0 Å². The smallest absolute Gasteiger partial charge is 0.326 e. The lowest BCUT2D eigenvalue weighted by atomic mass is 9.95. The van der Waals surface area contributed by atoms with Crippen LogP contribution in [0.2, 0.25) is 0 Å². The molecule has 1 aliphatic heterocycles. The number of hydrogen-bond donors (Lipinski definition) is 6. The van der Waals surface area contributed by atoms with Crippen molar-refractivity contribution in [2.24, 2.45) is 21.4 Å². The Hall–Kier alpha value is -5.03. The molecule has 22 nitrogen and oxygen atoms in total. The van der Waals surface area contributed by atoms with E-state index in [2.05, 4.69) is 31.4 Å². The number of carboxylic acids is 3. The molecule has 0 fully saturated rings. The van der Waals surface area contributed by atoms with Gasteiger partial charge in [0.15, 0.2) is 9.84 Å². The summed E-state index contributed by atoms with van der Waals surface area (Å²) in [5.74, 6) is -8.98. The van der Waals surface area contributed by atoms with E-state index < -0.39 is 94.3 Å². The van der Waals surface area contributed by atoms with E-state index >= 15 is 0 Å². The molecule has 0 radical (unpaired) electrons. The van der Waals surface area contributed by atoms with Crippen molar-refractivity contribution < 1.29 is 76.4 Å². The van der Waals surface area contributed by atoms with E-state index in [1.165, 1.54) is 51.9 Å². The molecule has 3 atom stereocenters. The van der Waals surface area contributed by atoms with Crippen LogP contribution in [0.15, 0.2) is 15.4 Å². The molecule has 0 aromatic heterocycles. The summed E-state index contributed by atoms with van der Waals surface area (Å²) in [5, 5.41) is 47.4. The van der Waals surface area contributed by atoms with Gasteiger partial charge in [0, 0.05) is 58.6 Å². The quantitative estimate of drug-likeness (QED) is 0.0411. The summed E-state index contributed by atoms with van der Waals surface area (Å²) < 4.78 is 35.7. The SMILES string of the molecule is CC(=O)NCCCC[C@H](NC(=O)COCCOCCCC(=O)CC[C@H](NC(=O)CC[C@H](CC(=O)CCCS(=O)(=O)CC(=O)CCCCCCCCCCCCCCCC1=NN=NC1)C(=O)O)C(=O)O)C(=O)O. The lowest BCUT2D eigenvalue weighted by Gasteiger charge is -2.16. The van der Waals surface area contributed by atoms with Gasteiger partial charge in [-0.1, -0.05) is 70.6 Å². The molecule has 6 N–H and O–H groups in total. The number of Topliss-reactive ketones (excluding diaryl/α,β-unsaturated/α-hetero) is 3. The summed E-state index contributed by atoms with van der Waals surface area (Å²) in [7, 11) is -3.76. The standard InChI is InChI=1S/C49H82N6O16S/c1-37(56)50-28-16-15-23-43(48(64)65)53-46(61)35-71-31-30-70-29-17-21-40(57)25-26-44(49(66)67)52-45(60)27-24-38(47(62)63)33-41(58)22-18-32-72(68,69)36-42(59)20-14-12-10-8-6-4-2-3-5-7-9-11-13-19-39-34-51-55-54-39/h38,43-44H,2-36H2,1H3,(H,50,56)(H,52,60)(H,53,61)(H,62,63)(H,64,65)(H,66,67)/t38-,43+,44+/m1/s1. The fraction of sp³-hybridized carbons (Fsp3) is 0.796. The maximum absolute atomic E-state index is 12.6. The fourth-order valence-electron chi connectivity index (χ4n) is 7.78. The van der Waals surface area contributed by atoms with E-state index in [1.807, 2.05) is 0 Å². The molecule has 410 valence electrons. The average Bonchev–Trinajstić information content (AvgIpc) is 3.83. The Morgan fingerprint density at radius 2 is 1.14 bits per heavy atom. The van der Waals surface area contributed by atoms with Crippen LogP contribution < -0.4 is 16.0 Å². The third kappa shape index (κ3) is 36.8. The number of hydrogen-bond acceptors (Lipinski definition) is 16. The van der Waals surface area contributed by atoms with Crippen molar-refractivity contribution in [1.82, 2.24) is 16.0 Å². The summed E-state index contributed by atoms with van der Waals surface area (Å²) in [6.07, 6.45) is 15.3. The second kappa shape index (κ2) is 40.5. The van der Waals surface area contributed by atoms with E-state index in [0.29, 0.717) is 38.8 Å². The highest BCUT2D eigenvalue weighted by Gasteiger charge is 2.26. The van der Waals surface area contributed by atoms with Crippen molar-refractivity contribution in [3.05, 3.63) is 0 Å². The van der Waals surface area contributed by atoms with Crippen LogP contribution >= 0.6 is 0 Å². The third-order valence-corrected chi connectivity index (χ3v) is 13.6. The first kappa shape index (κ1) is 65.0. The molecule has 0 spiro atoms. The number of nitrogens with zero attached hydrogens (tertiary/aromatic N) is 3. The molecule has 72 heavy (non-hydrogen) atoms. The van der Waals surface area contributed by atoms with Crippen LogP contribution in [0.5, 0.6) is 0 Å². The number of carboxylic acid groups (broad SMARTS) is 3. The number of aliphatic carboxylic acids is 3. The zero-order valence-electron chi connectivity index (χ0n) is 42.4. The highest BCUT2D eigenvalue weighted by Crippen LogP contribution is 2.17. The number of nitrogens with one attached hydrogen (secondary N) is 3. The maximum atomic E-state index is 12.6. The number of ketones is 3. The minimum atomic E-state index is -3.76. The maximum Gasteiger partial charge on any atom is 0.326 e. The summed E-state index contributed by atoms with van der Waals surface area (Å²) >= 11 is 0. The molecule has 1 aliphatic rings. The molecule has 0 unspecified atom stereocenters. The summed E-state index contributed by atoms with van der Waals surface area (Å²) in [6.45, 7) is 2.30. The fourth-order valence-corrected chi connectivity index (χ4v) is 9.14. The zero-order chi connectivity index (χ0) is 53.4. The topological polar surface area (TPSA) is 340 Å². The second-order valence-electron chi connectivity index (χ2n) is 18.4. The molecule has 0 aromatic carbocycles. The molecule has 0 aliphatic carbocycles. The first-order valence-electron chi connectivity index (χ1n) is 25.7. The van der Waals surface area contributed by atoms with Gasteiger partial charge in [-0.15, -0.1) is 5.10 Å². The van der Waals surface area contributed by atoms with Gasteiger partial charge >= 0.3 is 17.9 Å². The molecule has 23 heteroatoms. The largest absolute Gasteiger partial charge is 0.481 e. The van der Waals surface area contributed by atoms with Gasteiger partial charge in [0.1, 0.15) is 48.3 Å². The first-order valence-corrected chi connectivity index (χ1v) is 27.5. The minimum Gasteiger partial charge on any atom is -0.481 e. The highest BCUT2D eigenvalue weighted by molar-refractivity contribution is 7.92. The van der Waals surface area contributed by atoms with Crippen molar-refractivity contribution in [2.75, 3.05) is 51.0 Å². The van der Waals surface area contributed by atoms with Crippen LogP contribution in [0.4, 0.5) is 0 Å². The van der Waals surface area contributed by atoms with Gasteiger partial charge in [-0.3, -0.25) is 33.6 Å². The van der Waals surface area contributed by atoms with E-state index in [9.17, 15) is 66.9 Å². The predicted octanol–water partition coefficient (Wildman–Crippen LogP) is 5.47. The van der Waals surface area contributed by atoms with Gasteiger partial charge < -0.3 is 40.7 Å². The zero-order valence-corrected chi connectivity index (χ0v) is 43.2. The molecule has 0 aromatic rings. The minimum absolute atomic E-state index is 0.0208. The number of unbranched alkanes of at least 4 members (excludes halogenated alkanes) is 13. The number of rotatable bonds is 49. The van der Waals surface area contributed by atoms with E-state index in [0.717, 1.165) is 44.2 Å². The molecule has 1 rings (SSSR count). The van der Waals surface area contributed by atoms with Crippen LogP contribution in [-0.4, -0.2) is 146 Å². The van der Waals surface area contributed by atoms with Gasteiger partial charge in [-0.05, 0) is 69.4 Å². The molecule has 0 saturated heterocycles.